The highest BCUT2D eigenvalue weighted by Crippen LogP contribution is 2.38. The van der Waals surface area contributed by atoms with Crippen molar-refractivity contribution < 1.29 is 0 Å². The minimum atomic E-state index is 0.318. The first-order chi connectivity index (χ1) is 5.79. The summed E-state index contributed by atoms with van der Waals surface area (Å²) in [5, 5.41) is 2.14. The lowest BCUT2D eigenvalue weighted by atomic mass is 9.79. The SMILES string of the molecule is Cc1ccsc1[C@H](N)C1CCC1. The fourth-order valence-electron chi connectivity index (χ4n) is 1.74. The summed E-state index contributed by atoms with van der Waals surface area (Å²) < 4.78 is 0. The van der Waals surface area contributed by atoms with Crippen LogP contribution in [0.3, 0.4) is 0 Å². The highest BCUT2D eigenvalue weighted by atomic mass is 32.1. The van der Waals surface area contributed by atoms with Crippen molar-refractivity contribution >= 4 is 11.3 Å². The van der Waals surface area contributed by atoms with Crippen LogP contribution in [-0.2, 0) is 0 Å². The van der Waals surface area contributed by atoms with E-state index < -0.39 is 0 Å². The van der Waals surface area contributed by atoms with Gasteiger partial charge in [-0.1, -0.05) is 6.42 Å². The molecule has 1 aliphatic rings. The average molecular weight is 181 g/mol. The van der Waals surface area contributed by atoms with Crippen molar-refractivity contribution in [2.75, 3.05) is 0 Å². The molecule has 0 aliphatic heterocycles. The maximum atomic E-state index is 6.16. The van der Waals surface area contributed by atoms with Gasteiger partial charge in [0.05, 0.1) is 0 Å². The number of nitrogens with two attached hydrogens (primary N) is 1. The smallest absolute Gasteiger partial charge is 0.0421 e. The third-order valence-corrected chi connectivity index (χ3v) is 3.98. The van der Waals surface area contributed by atoms with E-state index in [1.807, 2.05) is 11.3 Å². The van der Waals surface area contributed by atoms with Crippen LogP contribution in [0.1, 0.15) is 35.7 Å². The van der Waals surface area contributed by atoms with Gasteiger partial charge in [-0.15, -0.1) is 11.3 Å². The molecule has 0 spiro atoms. The first-order valence-electron chi connectivity index (χ1n) is 4.58. The highest BCUT2D eigenvalue weighted by molar-refractivity contribution is 7.10. The summed E-state index contributed by atoms with van der Waals surface area (Å²) in [6.45, 7) is 2.16. The third-order valence-electron chi connectivity index (χ3n) is 2.86. The molecule has 0 amide bonds. The third kappa shape index (κ3) is 1.29. The van der Waals surface area contributed by atoms with Crippen LogP contribution in [0, 0.1) is 12.8 Å². The fourth-order valence-corrected chi connectivity index (χ4v) is 2.76. The number of aryl methyl sites for hydroxylation is 1. The Balaban J connectivity index is 2.13. The Morgan fingerprint density at radius 2 is 2.33 bits per heavy atom. The lowest BCUT2D eigenvalue weighted by Crippen LogP contribution is -2.26. The maximum Gasteiger partial charge on any atom is 0.0421 e. The Hall–Kier alpha value is -0.340. The van der Waals surface area contributed by atoms with Gasteiger partial charge in [-0.3, -0.25) is 0 Å². The largest absolute Gasteiger partial charge is 0.323 e. The van der Waals surface area contributed by atoms with Crippen molar-refractivity contribution in [3.05, 3.63) is 21.9 Å². The Kier molecular flexibility index (Phi) is 2.20. The van der Waals surface area contributed by atoms with Gasteiger partial charge >= 0.3 is 0 Å². The van der Waals surface area contributed by atoms with Gasteiger partial charge in [0.25, 0.3) is 0 Å². The topological polar surface area (TPSA) is 26.0 Å². The molecule has 1 saturated carbocycles. The summed E-state index contributed by atoms with van der Waals surface area (Å²) in [6.07, 6.45) is 4.04. The van der Waals surface area contributed by atoms with Crippen LogP contribution in [0.5, 0.6) is 0 Å². The second kappa shape index (κ2) is 3.19. The van der Waals surface area contributed by atoms with Crippen LogP contribution >= 0.6 is 11.3 Å². The van der Waals surface area contributed by atoms with Crippen molar-refractivity contribution in [3.8, 4) is 0 Å². The van der Waals surface area contributed by atoms with Gasteiger partial charge in [-0.25, -0.2) is 0 Å². The molecule has 1 fully saturated rings. The number of hydrogen-bond acceptors (Lipinski definition) is 2. The molecule has 0 radical (unpaired) electrons. The van der Waals surface area contributed by atoms with Crippen LogP contribution < -0.4 is 5.73 Å². The van der Waals surface area contributed by atoms with E-state index in [0.717, 1.165) is 5.92 Å². The monoisotopic (exact) mass is 181 g/mol. The molecule has 0 saturated heterocycles. The minimum absolute atomic E-state index is 0.318. The fraction of sp³-hybridized carbons (Fsp3) is 0.600. The van der Waals surface area contributed by atoms with Gasteiger partial charge in [0.2, 0.25) is 0 Å². The summed E-state index contributed by atoms with van der Waals surface area (Å²) in [5.41, 5.74) is 7.53. The van der Waals surface area contributed by atoms with E-state index in [9.17, 15) is 0 Å². The van der Waals surface area contributed by atoms with Gasteiger partial charge < -0.3 is 5.73 Å². The van der Waals surface area contributed by atoms with Crippen LogP contribution in [0.25, 0.3) is 0 Å². The van der Waals surface area contributed by atoms with E-state index in [1.165, 1.54) is 29.7 Å². The lowest BCUT2D eigenvalue weighted by Gasteiger charge is -2.31. The quantitative estimate of drug-likeness (QED) is 0.746. The van der Waals surface area contributed by atoms with Crippen molar-refractivity contribution in [1.29, 1.82) is 0 Å². The second-order valence-electron chi connectivity index (χ2n) is 3.68. The van der Waals surface area contributed by atoms with Crippen molar-refractivity contribution in [2.45, 2.75) is 32.2 Å². The summed E-state index contributed by atoms with van der Waals surface area (Å²) >= 11 is 1.81. The normalized spacial score (nSPS) is 20.5. The number of hydrogen-bond donors (Lipinski definition) is 1. The number of rotatable bonds is 2. The molecule has 1 atom stereocenters. The predicted octanol–water partition coefficient (Wildman–Crippen LogP) is 2.86. The molecule has 1 aliphatic carbocycles. The molecule has 2 rings (SSSR count). The molecule has 0 unspecified atom stereocenters. The van der Waals surface area contributed by atoms with E-state index in [1.54, 1.807) is 0 Å². The first-order valence-corrected chi connectivity index (χ1v) is 5.46. The first kappa shape index (κ1) is 8.27. The van der Waals surface area contributed by atoms with E-state index in [0.29, 0.717) is 6.04 Å². The van der Waals surface area contributed by atoms with Gasteiger partial charge in [-0.2, -0.15) is 0 Å². The van der Waals surface area contributed by atoms with E-state index in [4.69, 9.17) is 5.73 Å². The summed E-state index contributed by atoms with van der Waals surface area (Å²) in [7, 11) is 0. The molecule has 1 aromatic heterocycles. The van der Waals surface area contributed by atoms with E-state index >= 15 is 0 Å². The Bertz CT molecular complexity index is 263. The lowest BCUT2D eigenvalue weighted by molar-refractivity contribution is 0.266. The highest BCUT2D eigenvalue weighted by Gasteiger charge is 2.26. The summed E-state index contributed by atoms with van der Waals surface area (Å²) in [4.78, 5) is 1.40. The molecule has 12 heavy (non-hydrogen) atoms. The zero-order chi connectivity index (χ0) is 8.55. The maximum absolute atomic E-state index is 6.16. The molecule has 2 N–H and O–H groups in total. The van der Waals surface area contributed by atoms with Crippen molar-refractivity contribution in [2.24, 2.45) is 11.7 Å². The number of thiophene rings is 1. The molecule has 1 nitrogen and oxygen atoms in total. The van der Waals surface area contributed by atoms with Crippen LogP contribution in [0.15, 0.2) is 11.4 Å². The molecular formula is C10H15NS. The van der Waals surface area contributed by atoms with Gasteiger partial charge in [0.15, 0.2) is 0 Å². The minimum Gasteiger partial charge on any atom is -0.323 e. The summed E-state index contributed by atoms with van der Waals surface area (Å²) in [5.74, 6) is 0.766. The molecule has 1 heterocycles. The Morgan fingerprint density at radius 1 is 1.58 bits per heavy atom. The van der Waals surface area contributed by atoms with Gasteiger partial charge in [0, 0.05) is 10.9 Å². The molecule has 66 valence electrons. The predicted molar refractivity (Wildman–Crippen MR) is 53.3 cm³/mol. The molecule has 0 aromatic carbocycles. The van der Waals surface area contributed by atoms with Crippen molar-refractivity contribution in [1.82, 2.24) is 0 Å². The van der Waals surface area contributed by atoms with Crippen molar-refractivity contribution in [3.63, 3.8) is 0 Å². The molecule has 0 bridgehead atoms. The zero-order valence-corrected chi connectivity index (χ0v) is 8.23. The average Bonchev–Trinajstić information content (AvgIpc) is 2.31. The van der Waals surface area contributed by atoms with Gasteiger partial charge in [0.1, 0.15) is 0 Å². The Morgan fingerprint density at radius 3 is 2.75 bits per heavy atom. The standard InChI is InChI=1S/C10H15NS/c1-7-5-6-12-10(7)9(11)8-3-2-4-8/h5-6,8-9H,2-4,11H2,1H3/t9-/m1/s1. The van der Waals surface area contributed by atoms with Crippen LogP contribution in [0.4, 0.5) is 0 Å². The van der Waals surface area contributed by atoms with E-state index in [2.05, 4.69) is 18.4 Å². The second-order valence-corrected chi connectivity index (χ2v) is 4.63. The van der Waals surface area contributed by atoms with Crippen LogP contribution in [0.2, 0.25) is 0 Å². The van der Waals surface area contributed by atoms with Crippen LogP contribution in [-0.4, -0.2) is 0 Å². The molecule has 2 heteroatoms. The van der Waals surface area contributed by atoms with E-state index in [-0.39, 0.29) is 0 Å². The molecular weight excluding hydrogens is 166 g/mol. The Labute approximate surface area is 77.6 Å². The van der Waals surface area contributed by atoms with Gasteiger partial charge in [-0.05, 0) is 42.7 Å². The zero-order valence-electron chi connectivity index (χ0n) is 7.42. The molecule has 1 aromatic rings. The summed E-state index contributed by atoms with van der Waals surface area (Å²) in [6, 6.07) is 2.48.